The van der Waals surface area contributed by atoms with E-state index in [1.807, 2.05) is 50.2 Å². The molecule has 9 heterocycles. The Labute approximate surface area is 497 Å². The van der Waals surface area contributed by atoms with Crippen LogP contribution in [0, 0.1) is 27.3 Å². The van der Waals surface area contributed by atoms with Crippen molar-refractivity contribution in [3.63, 3.8) is 0 Å². The molecule has 0 unspecified atom stereocenters. The Morgan fingerprint density at radius 1 is 0.894 bits per heavy atom. The molecule has 5 fully saturated rings. The van der Waals surface area contributed by atoms with Gasteiger partial charge in [0, 0.05) is 117 Å². The van der Waals surface area contributed by atoms with Gasteiger partial charge in [0.05, 0.1) is 58.5 Å². The minimum absolute atomic E-state index is 0.0131. The predicted octanol–water partition coefficient (Wildman–Crippen LogP) is 10.1. The number of nitrogens with one attached hydrogen (secondary N) is 3. The maximum atomic E-state index is 15.3. The molecule has 0 radical (unpaired) electrons. The molecule has 20 nitrogen and oxygen atoms in total. The van der Waals surface area contributed by atoms with Crippen LogP contribution >= 0.6 is 11.6 Å². The van der Waals surface area contributed by atoms with Crippen molar-refractivity contribution in [2.75, 3.05) is 87.5 Å². The summed E-state index contributed by atoms with van der Waals surface area (Å²) in [6, 6.07) is 22.9. The van der Waals surface area contributed by atoms with E-state index in [0.29, 0.717) is 72.6 Å². The Morgan fingerprint density at radius 2 is 1.71 bits per heavy atom. The number of hydrogen-bond donors (Lipinski definition) is 3. The number of H-pyrrole nitrogens is 1. The third-order valence-corrected chi connectivity index (χ3v) is 20.6. The molecule has 7 aliphatic heterocycles. The van der Waals surface area contributed by atoms with Gasteiger partial charge in [-0.15, -0.1) is 0 Å². The lowest BCUT2D eigenvalue weighted by molar-refractivity contribution is -0.384. The number of para-hydroxylation sites is 1. The molecule has 448 valence electrons. The largest absolute Gasteiger partial charge is 0.491 e. The first-order valence-corrected chi connectivity index (χ1v) is 31.7. The summed E-state index contributed by atoms with van der Waals surface area (Å²) in [5.41, 5.74) is 4.32. The molecule has 4 saturated heterocycles. The summed E-state index contributed by atoms with van der Waals surface area (Å²) < 4.78 is 83.0. The molecule has 1 amide bonds. The average Bonchev–Trinajstić information content (AvgIpc) is 2.87. The molecule has 3 N–H and O–H groups in total. The number of piperidine rings is 1. The first kappa shape index (κ1) is 55.9. The van der Waals surface area contributed by atoms with Crippen molar-refractivity contribution in [3.8, 4) is 23.1 Å². The SMILES string of the molecule is CC(C)Oc1ccccc1[C@@H]1CN([C@H]2CCOc3c(F)cc(Cl)cc32)CCN1C1CC2(CCN(c3ccc(C(=O)NS(=O)(=O)c4cc5c(c([N+](=O)[O-])c4)N[C@H](C4CCOCC4)CO5)c(N4c5cc6cc[nH]c6nc5O[C@H]5COCC[C@@H]54)c3)CC2)C1. The van der Waals surface area contributed by atoms with Crippen LogP contribution in [0.5, 0.6) is 23.1 Å². The van der Waals surface area contributed by atoms with Crippen LogP contribution in [-0.4, -0.2) is 142 Å². The second-order valence-electron chi connectivity index (χ2n) is 24.4. The van der Waals surface area contributed by atoms with Crippen LogP contribution in [0.1, 0.15) is 98.8 Å². The summed E-state index contributed by atoms with van der Waals surface area (Å²) >= 11 is 6.47. The van der Waals surface area contributed by atoms with Crippen molar-refractivity contribution in [2.24, 2.45) is 11.3 Å². The van der Waals surface area contributed by atoms with E-state index in [-0.39, 0.29) is 71.8 Å². The summed E-state index contributed by atoms with van der Waals surface area (Å²) in [5, 5.41) is 17.1. The molecule has 23 heteroatoms. The van der Waals surface area contributed by atoms with Gasteiger partial charge in [-0.1, -0.05) is 29.8 Å². The van der Waals surface area contributed by atoms with Crippen LogP contribution in [0.4, 0.5) is 32.8 Å². The zero-order chi connectivity index (χ0) is 58.3. The number of pyridine rings is 1. The van der Waals surface area contributed by atoms with Gasteiger partial charge in [0.15, 0.2) is 23.0 Å². The number of sulfonamides is 1. The molecule has 1 saturated carbocycles. The molecule has 0 bridgehead atoms. The van der Waals surface area contributed by atoms with Crippen LogP contribution in [0.3, 0.4) is 0 Å². The fourth-order valence-corrected chi connectivity index (χ4v) is 16.0. The van der Waals surface area contributed by atoms with Crippen molar-refractivity contribution in [1.82, 2.24) is 24.5 Å². The molecular formula is C62H69ClFN9O11S. The summed E-state index contributed by atoms with van der Waals surface area (Å²) in [6.07, 6.45) is 8.06. The number of aromatic nitrogens is 2. The topological polar surface area (TPSA) is 215 Å². The number of rotatable bonds is 12. The van der Waals surface area contributed by atoms with E-state index in [4.69, 9.17) is 45.0 Å². The Bertz CT molecular complexity index is 3680. The molecule has 6 aromatic rings. The van der Waals surface area contributed by atoms with Gasteiger partial charge >= 0.3 is 0 Å². The first-order valence-electron chi connectivity index (χ1n) is 29.8. The Balaban J connectivity index is 0.740. The zero-order valence-electron chi connectivity index (χ0n) is 47.5. The molecular weight excluding hydrogens is 1130 g/mol. The van der Waals surface area contributed by atoms with Gasteiger partial charge < -0.3 is 48.5 Å². The van der Waals surface area contributed by atoms with E-state index in [1.165, 1.54) is 12.1 Å². The lowest BCUT2D eigenvalue weighted by atomic mass is 9.59. The first-order chi connectivity index (χ1) is 41.2. The quantitative estimate of drug-likeness (QED) is 0.0767. The van der Waals surface area contributed by atoms with Gasteiger partial charge in [-0.2, -0.15) is 4.98 Å². The number of amides is 1. The highest BCUT2D eigenvalue weighted by Crippen LogP contribution is 2.55. The van der Waals surface area contributed by atoms with Crippen molar-refractivity contribution >= 4 is 67.0 Å². The highest BCUT2D eigenvalue weighted by atomic mass is 35.5. The Morgan fingerprint density at radius 3 is 2.52 bits per heavy atom. The number of ether oxygens (including phenoxy) is 6. The maximum Gasteiger partial charge on any atom is 0.297 e. The zero-order valence-corrected chi connectivity index (χ0v) is 49.0. The van der Waals surface area contributed by atoms with E-state index in [2.05, 4.69) is 52.8 Å². The van der Waals surface area contributed by atoms with Gasteiger partial charge in [0.2, 0.25) is 5.88 Å². The number of hydrogen-bond acceptors (Lipinski definition) is 17. The third kappa shape index (κ3) is 10.5. The third-order valence-electron chi connectivity index (χ3n) is 19.0. The molecule has 2 aromatic heterocycles. The number of carbonyl (C=O) groups excluding carboxylic acids is 1. The predicted molar refractivity (Wildman–Crippen MR) is 317 cm³/mol. The fourth-order valence-electron chi connectivity index (χ4n) is 14.8. The fraction of sp³-hybridized carbons (Fsp3) is 0.484. The van der Waals surface area contributed by atoms with E-state index < -0.39 is 43.4 Å². The standard InChI is InChI=1S/C62H69ClFN9O11S/c1-36(2)83-54-6-4-3-5-43(54)53-33-70(48-13-24-81-58-45(48)26-39(63)27-46(58)64)19-20-71(53)41-31-62(32-41)14-17-69(18-15-62)40-7-8-44(50(28-40)72-49-12-23-80-35-56(49)84-61-52(72)25-38-9-16-65-59(38)67-61)60(74)68-85(77,78)42-29-51(73(75)76)57-55(30-42)82-34-47(66-57)37-10-21-79-22-11-37/h3-9,16,25-30,36-37,41,47-49,53,56,66H,10-15,17-24,31-35H2,1-2H3,(H,65,67)(H,68,74)/t47-,48-,49-,53-,56-/m0/s1. The van der Waals surface area contributed by atoms with Gasteiger partial charge in [0.1, 0.15) is 29.8 Å². The number of nitro groups is 1. The smallest absolute Gasteiger partial charge is 0.297 e. The lowest BCUT2D eigenvalue weighted by Crippen LogP contribution is -2.60. The Hall–Kier alpha value is -6.95. The number of halogens is 2. The van der Waals surface area contributed by atoms with Crippen molar-refractivity contribution in [1.29, 1.82) is 0 Å². The number of carbonyl (C=O) groups is 1. The van der Waals surface area contributed by atoms with Gasteiger partial charge in [-0.3, -0.25) is 24.7 Å². The maximum absolute atomic E-state index is 15.3. The van der Waals surface area contributed by atoms with Crippen molar-refractivity contribution < 1.29 is 50.9 Å². The number of fused-ring (bicyclic) bond motifs is 5. The second-order valence-corrected chi connectivity index (χ2v) is 26.5. The summed E-state index contributed by atoms with van der Waals surface area (Å²) in [4.78, 5) is 44.1. The van der Waals surface area contributed by atoms with Crippen LogP contribution in [0.2, 0.25) is 5.02 Å². The van der Waals surface area contributed by atoms with Gasteiger partial charge in [-0.05, 0) is 119 Å². The van der Waals surface area contributed by atoms with Crippen LogP contribution in [0.25, 0.3) is 11.0 Å². The van der Waals surface area contributed by atoms with Crippen molar-refractivity contribution in [3.05, 3.63) is 123 Å². The van der Waals surface area contributed by atoms with E-state index in [9.17, 15) is 23.3 Å². The van der Waals surface area contributed by atoms with Crippen molar-refractivity contribution in [2.45, 2.75) is 113 Å². The molecule has 8 aliphatic rings. The lowest BCUT2D eigenvalue weighted by Gasteiger charge is -2.59. The molecule has 1 spiro atoms. The number of aromatic amines is 1. The minimum Gasteiger partial charge on any atom is -0.491 e. The van der Waals surface area contributed by atoms with Crippen LogP contribution < -0.4 is 38.8 Å². The molecule has 4 aromatic carbocycles. The number of benzene rings is 4. The number of piperazine rings is 1. The van der Waals surface area contributed by atoms with Crippen LogP contribution in [0.15, 0.2) is 90.0 Å². The number of nitro benzene ring substituents is 1. The van der Waals surface area contributed by atoms with E-state index >= 15 is 4.39 Å². The summed E-state index contributed by atoms with van der Waals surface area (Å²) in [6.45, 7) is 10.4. The van der Waals surface area contributed by atoms with Crippen LogP contribution in [-0.2, 0) is 19.5 Å². The summed E-state index contributed by atoms with van der Waals surface area (Å²) in [5.74, 6) is 0.321. The highest BCUT2D eigenvalue weighted by molar-refractivity contribution is 7.90. The Kier molecular flexibility index (Phi) is 14.7. The number of anilines is 4. The van der Waals surface area contributed by atoms with E-state index in [0.717, 1.165) is 112 Å². The molecule has 5 atom stereocenters. The molecule has 85 heavy (non-hydrogen) atoms. The molecule has 1 aliphatic carbocycles. The minimum atomic E-state index is -4.74. The van der Waals surface area contributed by atoms with E-state index in [1.54, 1.807) is 12.3 Å². The average molecular weight is 1200 g/mol. The summed E-state index contributed by atoms with van der Waals surface area (Å²) in [7, 11) is -4.74. The monoisotopic (exact) mass is 1200 g/mol. The second kappa shape index (κ2) is 22.4. The van der Waals surface area contributed by atoms with Gasteiger partial charge in [0.25, 0.3) is 21.6 Å². The highest BCUT2D eigenvalue weighted by Gasteiger charge is 2.51. The normalized spacial score (nSPS) is 24.4. The van der Waals surface area contributed by atoms with Gasteiger partial charge in [-0.25, -0.2) is 17.5 Å². The molecule has 14 rings (SSSR count). The number of nitrogens with zero attached hydrogens (tertiary/aromatic N) is 6.